The van der Waals surface area contributed by atoms with Crippen molar-refractivity contribution < 1.29 is 8.42 Å². The molecule has 0 bridgehead atoms. The van der Waals surface area contributed by atoms with Crippen LogP contribution < -0.4 is 10.5 Å². The van der Waals surface area contributed by atoms with E-state index >= 15 is 0 Å². The van der Waals surface area contributed by atoms with Gasteiger partial charge in [-0.05, 0) is 29.3 Å². The maximum absolute atomic E-state index is 11.8. The highest BCUT2D eigenvalue weighted by Gasteiger charge is 2.15. The highest BCUT2D eigenvalue weighted by molar-refractivity contribution is 7.91. The fourth-order valence-electron chi connectivity index (χ4n) is 1.15. The summed E-state index contributed by atoms with van der Waals surface area (Å²) in [6.45, 7) is 4.98. The number of sulfonamides is 1. The monoisotopic (exact) mass is 262 g/mol. The van der Waals surface area contributed by atoms with Crippen LogP contribution in [0.3, 0.4) is 0 Å². The first kappa shape index (κ1) is 13.6. The zero-order valence-electron chi connectivity index (χ0n) is 9.56. The second kappa shape index (κ2) is 5.77. The first-order chi connectivity index (χ1) is 7.45. The molecule has 0 unspecified atom stereocenters. The average Bonchev–Trinajstić information content (AvgIpc) is 2.65. The lowest BCUT2D eigenvalue weighted by atomic mass is 10.1. The Hall–Kier alpha value is -0.430. The van der Waals surface area contributed by atoms with E-state index in [0.717, 1.165) is 12.0 Å². The molecule has 0 saturated carbocycles. The largest absolute Gasteiger partial charge is 0.326 e. The van der Waals surface area contributed by atoms with Gasteiger partial charge in [0.05, 0.1) is 0 Å². The molecule has 0 aliphatic carbocycles. The van der Waals surface area contributed by atoms with Gasteiger partial charge < -0.3 is 5.73 Å². The second-order valence-corrected chi connectivity index (χ2v) is 6.96. The Balaban J connectivity index is 2.63. The first-order valence-corrected chi connectivity index (χ1v) is 7.59. The van der Waals surface area contributed by atoms with Crippen LogP contribution >= 0.6 is 11.3 Å². The van der Waals surface area contributed by atoms with E-state index in [4.69, 9.17) is 5.73 Å². The summed E-state index contributed by atoms with van der Waals surface area (Å²) in [5.74, 6) is 0.491. The van der Waals surface area contributed by atoms with Gasteiger partial charge in [-0.3, -0.25) is 0 Å². The molecule has 1 aromatic heterocycles. The molecular weight excluding hydrogens is 244 g/mol. The van der Waals surface area contributed by atoms with Crippen molar-refractivity contribution in [3.8, 4) is 0 Å². The molecule has 6 heteroatoms. The van der Waals surface area contributed by atoms with E-state index in [-0.39, 0.29) is 0 Å². The molecule has 3 N–H and O–H groups in total. The molecular formula is C10H18N2O2S2. The third-order valence-electron chi connectivity index (χ3n) is 2.14. The van der Waals surface area contributed by atoms with Crippen LogP contribution in [-0.2, 0) is 16.6 Å². The van der Waals surface area contributed by atoms with Crippen LogP contribution in [0.5, 0.6) is 0 Å². The standard InChI is InChI=1S/C10H18N2O2S2/c1-8(2)3-4-12-16(13,14)10-5-9(6-11)7-15-10/h5,7-8,12H,3-4,6,11H2,1-2H3. The minimum Gasteiger partial charge on any atom is -0.326 e. The Labute approximate surface area is 101 Å². The normalized spacial score (nSPS) is 12.2. The number of rotatable bonds is 6. The molecule has 16 heavy (non-hydrogen) atoms. The van der Waals surface area contributed by atoms with Crippen molar-refractivity contribution in [1.82, 2.24) is 4.72 Å². The van der Waals surface area contributed by atoms with Crippen molar-refractivity contribution >= 4 is 21.4 Å². The molecule has 92 valence electrons. The Morgan fingerprint density at radius 1 is 1.50 bits per heavy atom. The van der Waals surface area contributed by atoms with E-state index in [1.807, 2.05) is 0 Å². The molecule has 4 nitrogen and oxygen atoms in total. The summed E-state index contributed by atoms with van der Waals surface area (Å²) in [5.41, 5.74) is 6.29. The fraction of sp³-hybridized carbons (Fsp3) is 0.600. The summed E-state index contributed by atoms with van der Waals surface area (Å²) >= 11 is 1.21. The topological polar surface area (TPSA) is 72.2 Å². The van der Waals surface area contributed by atoms with Crippen molar-refractivity contribution in [3.05, 3.63) is 17.0 Å². The summed E-state index contributed by atoms with van der Waals surface area (Å²) < 4.78 is 26.5. The summed E-state index contributed by atoms with van der Waals surface area (Å²) in [4.78, 5) is 0. The van der Waals surface area contributed by atoms with Gasteiger partial charge in [0.25, 0.3) is 0 Å². The van der Waals surface area contributed by atoms with Crippen molar-refractivity contribution in [2.45, 2.75) is 31.0 Å². The molecule has 0 fully saturated rings. The summed E-state index contributed by atoms with van der Waals surface area (Å²) in [7, 11) is -3.33. The van der Waals surface area contributed by atoms with E-state index in [0.29, 0.717) is 23.2 Å². The molecule has 1 aromatic rings. The van der Waals surface area contributed by atoms with Crippen molar-refractivity contribution in [3.63, 3.8) is 0 Å². The van der Waals surface area contributed by atoms with E-state index in [2.05, 4.69) is 18.6 Å². The van der Waals surface area contributed by atoms with Gasteiger partial charge in [-0.1, -0.05) is 13.8 Å². The van der Waals surface area contributed by atoms with Gasteiger partial charge in [-0.15, -0.1) is 11.3 Å². The third kappa shape index (κ3) is 3.86. The first-order valence-electron chi connectivity index (χ1n) is 5.23. The number of thiophene rings is 1. The van der Waals surface area contributed by atoms with Crippen molar-refractivity contribution in [2.75, 3.05) is 6.54 Å². The summed E-state index contributed by atoms with van der Waals surface area (Å²) in [5, 5.41) is 1.77. The highest BCUT2D eigenvalue weighted by atomic mass is 32.2. The van der Waals surface area contributed by atoms with Crippen LogP contribution in [0.4, 0.5) is 0 Å². The van der Waals surface area contributed by atoms with Gasteiger partial charge in [0, 0.05) is 13.1 Å². The van der Waals surface area contributed by atoms with E-state index < -0.39 is 10.0 Å². The molecule has 1 rings (SSSR count). The average molecular weight is 262 g/mol. The molecule has 0 saturated heterocycles. The predicted molar refractivity (Wildman–Crippen MR) is 66.9 cm³/mol. The second-order valence-electron chi connectivity index (χ2n) is 4.06. The van der Waals surface area contributed by atoms with Gasteiger partial charge in [0.1, 0.15) is 4.21 Å². The summed E-state index contributed by atoms with van der Waals surface area (Å²) in [6, 6.07) is 1.63. The Morgan fingerprint density at radius 3 is 2.69 bits per heavy atom. The SMILES string of the molecule is CC(C)CCNS(=O)(=O)c1cc(CN)cs1. The third-order valence-corrected chi connectivity index (χ3v) is 5.09. The van der Waals surface area contributed by atoms with Crippen LogP contribution in [-0.4, -0.2) is 15.0 Å². The maximum atomic E-state index is 11.8. The van der Waals surface area contributed by atoms with Crippen molar-refractivity contribution in [1.29, 1.82) is 0 Å². The van der Waals surface area contributed by atoms with Gasteiger partial charge in [0.15, 0.2) is 0 Å². The lowest BCUT2D eigenvalue weighted by molar-refractivity contribution is 0.553. The van der Waals surface area contributed by atoms with Crippen LogP contribution in [0.2, 0.25) is 0 Å². The van der Waals surface area contributed by atoms with Gasteiger partial charge in [-0.25, -0.2) is 13.1 Å². The molecule has 0 spiro atoms. The van der Waals surface area contributed by atoms with Gasteiger partial charge in [0.2, 0.25) is 10.0 Å². The molecule has 0 aromatic carbocycles. The summed E-state index contributed by atoms with van der Waals surface area (Å²) in [6.07, 6.45) is 0.842. The zero-order valence-corrected chi connectivity index (χ0v) is 11.2. The molecule has 1 heterocycles. The molecule has 0 aliphatic heterocycles. The number of hydrogen-bond acceptors (Lipinski definition) is 4. The lowest BCUT2D eigenvalue weighted by Gasteiger charge is -2.06. The van der Waals surface area contributed by atoms with Crippen molar-refractivity contribution in [2.24, 2.45) is 11.7 Å². The lowest BCUT2D eigenvalue weighted by Crippen LogP contribution is -2.24. The Morgan fingerprint density at radius 2 is 2.19 bits per heavy atom. The molecule has 0 radical (unpaired) electrons. The van der Waals surface area contributed by atoms with E-state index in [1.165, 1.54) is 11.3 Å². The highest BCUT2D eigenvalue weighted by Crippen LogP contribution is 2.19. The molecule has 0 amide bonds. The quantitative estimate of drug-likeness (QED) is 0.816. The van der Waals surface area contributed by atoms with Crippen LogP contribution in [0.25, 0.3) is 0 Å². The molecule has 0 aliphatic rings. The predicted octanol–water partition coefficient (Wildman–Crippen LogP) is 1.53. The maximum Gasteiger partial charge on any atom is 0.250 e. The zero-order chi connectivity index (χ0) is 12.2. The van der Waals surface area contributed by atoms with E-state index in [9.17, 15) is 8.42 Å². The van der Waals surface area contributed by atoms with E-state index in [1.54, 1.807) is 11.4 Å². The Kier molecular flexibility index (Phi) is 4.91. The molecule has 0 atom stereocenters. The fourth-order valence-corrected chi connectivity index (χ4v) is 3.47. The number of nitrogens with two attached hydrogens (primary N) is 1. The van der Waals surface area contributed by atoms with Crippen LogP contribution in [0.1, 0.15) is 25.8 Å². The van der Waals surface area contributed by atoms with Crippen LogP contribution in [0.15, 0.2) is 15.7 Å². The smallest absolute Gasteiger partial charge is 0.250 e. The van der Waals surface area contributed by atoms with Gasteiger partial charge >= 0.3 is 0 Å². The number of hydrogen-bond donors (Lipinski definition) is 2. The van der Waals surface area contributed by atoms with Gasteiger partial charge in [-0.2, -0.15) is 0 Å². The minimum absolute atomic E-state index is 0.344. The van der Waals surface area contributed by atoms with Crippen LogP contribution in [0, 0.1) is 5.92 Å². The Bertz CT molecular complexity index is 424. The number of nitrogens with one attached hydrogen (secondary N) is 1. The minimum atomic E-state index is -3.33.